The van der Waals surface area contributed by atoms with Crippen LogP contribution in [-0.2, 0) is 9.59 Å². The minimum absolute atomic E-state index is 0.0146. The van der Waals surface area contributed by atoms with Gasteiger partial charge in [0.05, 0.1) is 17.7 Å². The van der Waals surface area contributed by atoms with Crippen molar-refractivity contribution in [3.05, 3.63) is 41.2 Å². The molecule has 0 saturated carbocycles. The van der Waals surface area contributed by atoms with Crippen LogP contribution in [0, 0.1) is 5.41 Å². The van der Waals surface area contributed by atoms with Crippen molar-refractivity contribution in [1.82, 2.24) is 4.90 Å². The van der Waals surface area contributed by atoms with Gasteiger partial charge in [0.2, 0.25) is 0 Å². The van der Waals surface area contributed by atoms with Crippen LogP contribution in [0.1, 0.15) is 72.4 Å². The Bertz CT molecular complexity index is 758. The second-order valence-electron chi connectivity index (χ2n) is 8.69. The normalized spacial score (nSPS) is 17.6. The number of benzene rings is 1. The van der Waals surface area contributed by atoms with Crippen LogP contribution >= 0.6 is 0 Å². The molecule has 1 heterocycles. The number of carbonyl (C=O) groups is 2. The van der Waals surface area contributed by atoms with E-state index in [0.29, 0.717) is 12.3 Å². The fourth-order valence-corrected chi connectivity index (χ4v) is 3.43. The predicted molar refractivity (Wildman–Crippen MR) is 110 cm³/mol. The fourth-order valence-electron chi connectivity index (χ4n) is 3.43. The standard InChI is InChI=1S/C23H33NO4/c1-7-8-9-13-24-19(16-11-10-12-17(14-16)28-15(2)3)18(20(25)22(24)27)21(26)23(4,5)6/h10-12,14-15,19,25H,7-9,13H2,1-6H3. The number of rotatable bonds is 8. The minimum atomic E-state index is -0.701. The van der Waals surface area contributed by atoms with Gasteiger partial charge in [-0.1, -0.05) is 52.7 Å². The van der Waals surface area contributed by atoms with Crippen molar-refractivity contribution in [2.24, 2.45) is 5.41 Å². The fraction of sp³-hybridized carbons (Fsp3) is 0.565. The third-order valence-corrected chi connectivity index (χ3v) is 4.78. The lowest BCUT2D eigenvalue weighted by Gasteiger charge is -2.29. The number of aliphatic hydroxyl groups is 1. The van der Waals surface area contributed by atoms with Gasteiger partial charge in [0, 0.05) is 12.0 Å². The van der Waals surface area contributed by atoms with Crippen molar-refractivity contribution in [3.63, 3.8) is 0 Å². The van der Waals surface area contributed by atoms with Gasteiger partial charge in [-0.2, -0.15) is 0 Å². The molecule has 5 heteroatoms. The second kappa shape index (κ2) is 8.80. The van der Waals surface area contributed by atoms with Gasteiger partial charge in [0.1, 0.15) is 5.75 Å². The highest BCUT2D eigenvalue weighted by atomic mass is 16.5. The molecule has 2 rings (SSSR count). The molecular weight excluding hydrogens is 354 g/mol. The van der Waals surface area contributed by atoms with E-state index in [2.05, 4.69) is 6.92 Å². The molecule has 0 spiro atoms. The number of hydrogen-bond donors (Lipinski definition) is 1. The highest BCUT2D eigenvalue weighted by Crippen LogP contribution is 2.41. The summed E-state index contributed by atoms with van der Waals surface area (Å²) in [4.78, 5) is 27.6. The number of Topliss-reactive ketones (excluding diaryl/α,β-unsaturated/α-hetero) is 1. The highest BCUT2D eigenvalue weighted by Gasteiger charge is 2.45. The van der Waals surface area contributed by atoms with Gasteiger partial charge in [-0.3, -0.25) is 9.59 Å². The van der Waals surface area contributed by atoms with E-state index in [0.717, 1.165) is 24.8 Å². The summed E-state index contributed by atoms with van der Waals surface area (Å²) in [5, 5.41) is 10.6. The van der Waals surface area contributed by atoms with Gasteiger partial charge >= 0.3 is 0 Å². The van der Waals surface area contributed by atoms with Crippen LogP contribution in [-0.4, -0.2) is 34.3 Å². The summed E-state index contributed by atoms with van der Waals surface area (Å²) in [6, 6.07) is 6.87. The van der Waals surface area contributed by atoms with Crippen molar-refractivity contribution in [3.8, 4) is 5.75 Å². The van der Waals surface area contributed by atoms with Gasteiger partial charge in [0.25, 0.3) is 5.91 Å². The Balaban J connectivity index is 2.51. The first-order chi connectivity index (χ1) is 13.1. The lowest BCUT2D eigenvalue weighted by Crippen LogP contribution is -2.33. The van der Waals surface area contributed by atoms with Crippen LogP contribution in [0.3, 0.4) is 0 Å². The molecule has 1 unspecified atom stereocenters. The average molecular weight is 388 g/mol. The zero-order chi connectivity index (χ0) is 21.1. The van der Waals surface area contributed by atoms with E-state index in [1.54, 1.807) is 25.7 Å². The van der Waals surface area contributed by atoms with Crippen molar-refractivity contribution in [2.75, 3.05) is 6.54 Å². The molecule has 1 aromatic carbocycles. The van der Waals surface area contributed by atoms with E-state index >= 15 is 0 Å². The van der Waals surface area contributed by atoms with Gasteiger partial charge in [-0.25, -0.2) is 0 Å². The summed E-state index contributed by atoms with van der Waals surface area (Å²) in [5.41, 5.74) is 0.267. The molecule has 0 aliphatic carbocycles. The zero-order valence-electron chi connectivity index (χ0n) is 17.9. The van der Waals surface area contributed by atoms with Crippen molar-refractivity contribution in [2.45, 2.75) is 73.0 Å². The summed E-state index contributed by atoms with van der Waals surface area (Å²) >= 11 is 0. The van der Waals surface area contributed by atoms with Crippen molar-refractivity contribution < 1.29 is 19.4 Å². The van der Waals surface area contributed by atoms with Crippen LogP contribution in [0.4, 0.5) is 0 Å². The molecule has 28 heavy (non-hydrogen) atoms. The van der Waals surface area contributed by atoms with E-state index < -0.39 is 23.1 Å². The first-order valence-electron chi connectivity index (χ1n) is 10.1. The summed E-state index contributed by atoms with van der Waals surface area (Å²) in [6.45, 7) is 11.9. The van der Waals surface area contributed by atoms with Gasteiger partial charge in [-0.05, 0) is 38.0 Å². The topological polar surface area (TPSA) is 66.8 Å². The van der Waals surface area contributed by atoms with Crippen molar-refractivity contribution in [1.29, 1.82) is 0 Å². The van der Waals surface area contributed by atoms with E-state index in [4.69, 9.17) is 4.74 Å². The lowest BCUT2D eigenvalue weighted by atomic mass is 9.82. The van der Waals surface area contributed by atoms with Gasteiger partial charge in [-0.15, -0.1) is 0 Å². The number of amides is 1. The van der Waals surface area contributed by atoms with Gasteiger partial charge in [0.15, 0.2) is 11.5 Å². The first-order valence-corrected chi connectivity index (χ1v) is 10.1. The molecule has 1 N–H and O–H groups in total. The summed E-state index contributed by atoms with van der Waals surface area (Å²) in [7, 11) is 0. The SMILES string of the molecule is CCCCCN1C(=O)C(O)=C(C(=O)C(C)(C)C)C1c1cccc(OC(C)C)c1. The number of ether oxygens (including phenoxy) is 1. The molecule has 0 saturated heterocycles. The Hall–Kier alpha value is -2.30. The smallest absolute Gasteiger partial charge is 0.290 e. The third-order valence-electron chi connectivity index (χ3n) is 4.78. The molecule has 1 aromatic rings. The van der Waals surface area contributed by atoms with E-state index in [1.807, 2.05) is 38.1 Å². The predicted octanol–water partition coefficient (Wildman–Crippen LogP) is 4.97. The van der Waals surface area contributed by atoms with Crippen molar-refractivity contribution >= 4 is 11.7 Å². The highest BCUT2D eigenvalue weighted by molar-refractivity contribution is 6.10. The molecular formula is C23H33NO4. The van der Waals surface area contributed by atoms with E-state index in [1.165, 1.54) is 0 Å². The Morgan fingerprint density at radius 1 is 1.25 bits per heavy atom. The molecule has 1 aliphatic rings. The average Bonchev–Trinajstić information content (AvgIpc) is 2.85. The Labute approximate surface area is 168 Å². The number of hydrogen-bond acceptors (Lipinski definition) is 4. The molecule has 0 fully saturated rings. The molecule has 0 aromatic heterocycles. The minimum Gasteiger partial charge on any atom is -0.503 e. The Morgan fingerprint density at radius 3 is 2.50 bits per heavy atom. The Kier molecular flexibility index (Phi) is 6.91. The third kappa shape index (κ3) is 4.75. The maximum Gasteiger partial charge on any atom is 0.290 e. The molecule has 0 bridgehead atoms. The number of unbranched alkanes of at least 4 members (excludes halogenated alkanes) is 2. The number of aliphatic hydroxyl groups excluding tert-OH is 1. The molecule has 1 amide bonds. The number of ketones is 1. The molecule has 0 radical (unpaired) electrons. The van der Waals surface area contributed by atoms with Crippen LogP contribution in [0.15, 0.2) is 35.6 Å². The molecule has 5 nitrogen and oxygen atoms in total. The number of carbonyl (C=O) groups excluding carboxylic acids is 2. The summed E-state index contributed by atoms with van der Waals surface area (Å²) in [5.74, 6) is -0.417. The quantitative estimate of drug-likeness (QED) is 0.639. The second-order valence-corrected chi connectivity index (χ2v) is 8.69. The summed E-state index contributed by atoms with van der Waals surface area (Å²) < 4.78 is 5.80. The number of nitrogens with zero attached hydrogens (tertiary/aromatic N) is 1. The van der Waals surface area contributed by atoms with E-state index in [-0.39, 0.29) is 17.5 Å². The largest absolute Gasteiger partial charge is 0.503 e. The molecule has 154 valence electrons. The van der Waals surface area contributed by atoms with Crippen LogP contribution < -0.4 is 4.74 Å². The molecule has 1 aliphatic heterocycles. The van der Waals surface area contributed by atoms with Crippen LogP contribution in [0.25, 0.3) is 0 Å². The first kappa shape index (κ1) is 22.0. The van der Waals surface area contributed by atoms with Crippen LogP contribution in [0.5, 0.6) is 5.75 Å². The maximum atomic E-state index is 13.1. The zero-order valence-corrected chi connectivity index (χ0v) is 17.9. The summed E-state index contributed by atoms with van der Waals surface area (Å²) in [6.07, 6.45) is 2.85. The Morgan fingerprint density at radius 2 is 1.93 bits per heavy atom. The lowest BCUT2D eigenvalue weighted by molar-refractivity contribution is -0.129. The monoisotopic (exact) mass is 387 g/mol. The van der Waals surface area contributed by atoms with E-state index in [9.17, 15) is 14.7 Å². The van der Waals surface area contributed by atoms with Crippen LogP contribution in [0.2, 0.25) is 0 Å². The molecule has 1 atom stereocenters. The van der Waals surface area contributed by atoms with Gasteiger partial charge < -0.3 is 14.7 Å². The maximum absolute atomic E-state index is 13.1.